The van der Waals surface area contributed by atoms with Gasteiger partial charge in [-0.2, -0.15) is 0 Å². The van der Waals surface area contributed by atoms with E-state index in [0.29, 0.717) is 18.3 Å². The van der Waals surface area contributed by atoms with E-state index in [4.69, 9.17) is 0 Å². The molecule has 6 heteroatoms. The van der Waals surface area contributed by atoms with E-state index in [1.165, 1.54) is 6.42 Å². The Balaban J connectivity index is 1.66. The van der Waals surface area contributed by atoms with Gasteiger partial charge in [-0.1, -0.05) is 6.92 Å². The number of carbonyl (C=O) groups excluding carboxylic acids is 2. The Hall–Kier alpha value is -1.85. The molecule has 2 aliphatic rings. The molecule has 1 fully saturated rings. The summed E-state index contributed by atoms with van der Waals surface area (Å²) in [4.78, 5) is 30.8. The third-order valence-corrected chi connectivity index (χ3v) is 5.02. The zero-order valence-electron chi connectivity index (χ0n) is 14.0. The second-order valence-corrected chi connectivity index (χ2v) is 6.79. The van der Waals surface area contributed by atoms with Crippen molar-refractivity contribution in [1.82, 2.24) is 19.8 Å². The van der Waals surface area contributed by atoms with Crippen molar-refractivity contribution in [2.75, 3.05) is 13.6 Å². The Morgan fingerprint density at radius 2 is 2.17 bits per heavy atom. The molecule has 1 N–H and O–H groups in total. The summed E-state index contributed by atoms with van der Waals surface area (Å²) in [6.45, 7) is 3.42. The van der Waals surface area contributed by atoms with Gasteiger partial charge in [-0.3, -0.25) is 9.59 Å². The van der Waals surface area contributed by atoms with E-state index < -0.39 is 0 Å². The largest absolute Gasteiger partial charge is 0.353 e. The summed E-state index contributed by atoms with van der Waals surface area (Å²) in [5.74, 6) is 0.136. The van der Waals surface area contributed by atoms with Gasteiger partial charge in [0, 0.05) is 26.2 Å². The van der Waals surface area contributed by atoms with Crippen LogP contribution in [-0.4, -0.2) is 45.9 Å². The zero-order chi connectivity index (χ0) is 16.4. The van der Waals surface area contributed by atoms with Crippen molar-refractivity contribution in [2.24, 2.45) is 5.92 Å². The maximum atomic E-state index is 12.4. The fraction of sp³-hybridized carbons (Fsp3) is 0.706. The quantitative estimate of drug-likeness (QED) is 0.896. The number of amides is 2. The van der Waals surface area contributed by atoms with Gasteiger partial charge in [0.15, 0.2) is 0 Å². The number of nitrogens with one attached hydrogen (secondary N) is 1. The third-order valence-electron chi connectivity index (χ3n) is 5.02. The minimum absolute atomic E-state index is 0.00590. The van der Waals surface area contributed by atoms with Crippen molar-refractivity contribution in [3.05, 3.63) is 17.7 Å². The summed E-state index contributed by atoms with van der Waals surface area (Å²) in [7, 11) is 1.81. The molecule has 1 unspecified atom stereocenters. The van der Waals surface area contributed by atoms with Crippen LogP contribution in [0.15, 0.2) is 6.33 Å². The van der Waals surface area contributed by atoms with Crippen LogP contribution in [0.1, 0.15) is 55.2 Å². The standard InChI is InChI=1S/C17H26N4O2/c1-3-9-20(2)17(23)15-14-8-7-12(10-21(14)11-18-15)16(22)19-13-5-4-6-13/h11-13H,3-10H2,1-2H3,(H,19,22). The first-order valence-electron chi connectivity index (χ1n) is 8.70. The van der Waals surface area contributed by atoms with E-state index in [1.54, 1.807) is 11.2 Å². The Labute approximate surface area is 137 Å². The van der Waals surface area contributed by atoms with Crippen LogP contribution in [0.2, 0.25) is 0 Å². The van der Waals surface area contributed by atoms with Gasteiger partial charge in [-0.05, 0) is 38.5 Å². The van der Waals surface area contributed by atoms with Crippen molar-refractivity contribution in [2.45, 2.75) is 58.0 Å². The number of carbonyl (C=O) groups is 2. The molecule has 1 saturated carbocycles. The van der Waals surface area contributed by atoms with Gasteiger partial charge < -0.3 is 14.8 Å². The maximum Gasteiger partial charge on any atom is 0.274 e. The van der Waals surface area contributed by atoms with Crippen LogP contribution >= 0.6 is 0 Å². The normalized spacial score (nSPS) is 20.5. The topological polar surface area (TPSA) is 67.2 Å². The van der Waals surface area contributed by atoms with E-state index >= 15 is 0 Å². The molecule has 6 nitrogen and oxygen atoms in total. The molecular weight excluding hydrogens is 292 g/mol. The second-order valence-electron chi connectivity index (χ2n) is 6.79. The number of rotatable bonds is 5. The predicted octanol–water partition coefficient (Wildman–Crippen LogP) is 1.60. The van der Waals surface area contributed by atoms with Crippen LogP contribution in [0.4, 0.5) is 0 Å². The Morgan fingerprint density at radius 1 is 1.39 bits per heavy atom. The van der Waals surface area contributed by atoms with Crippen molar-refractivity contribution in [3.63, 3.8) is 0 Å². The van der Waals surface area contributed by atoms with Crippen molar-refractivity contribution < 1.29 is 9.59 Å². The van der Waals surface area contributed by atoms with Crippen LogP contribution in [0, 0.1) is 5.92 Å². The molecule has 2 heterocycles. The van der Waals surface area contributed by atoms with Crippen LogP contribution in [-0.2, 0) is 17.8 Å². The second kappa shape index (κ2) is 6.72. The lowest BCUT2D eigenvalue weighted by Crippen LogP contribution is -2.44. The van der Waals surface area contributed by atoms with Crippen LogP contribution in [0.5, 0.6) is 0 Å². The number of aromatic nitrogens is 2. The van der Waals surface area contributed by atoms with E-state index in [0.717, 1.165) is 44.3 Å². The Morgan fingerprint density at radius 3 is 2.83 bits per heavy atom. The van der Waals surface area contributed by atoms with Crippen LogP contribution in [0.3, 0.4) is 0 Å². The van der Waals surface area contributed by atoms with Crippen molar-refractivity contribution >= 4 is 11.8 Å². The van der Waals surface area contributed by atoms with Gasteiger partial charge in [0.2, 0.25) is 5.91 Å². The maximum absolute atomic E-state index is 12.4. The van der Waals surface area contributed by atoms with Crippen molar-refractivity contribution in [1.29, 1.82) is 0 Å². The molecule has 0 aromatic carbocycles. The molecule has 1 aliphatic carbocycles. The minimum Gasteiger partial charge on any atom is -0.353 e. The van der Waals surface area contributed by atoms with Crippen LogP contribution in [0.25, 0.3) is 0 Å². The molecule has 0 saturated heterocycles. The molecule has 0 radical (unpaired) electrons. The molecule has 23 heavy (non-hydrogen) atoms. The van der Waals surface area contributed by atoms with Gasteiger partial charge in [-0.15, -0.1) is 0 Å². The van der Waals surface area contributed by atoms with E-state index in [2.05, 4.69) is 17.2 Å². The number of fused-ring (bicyclic) bond motifs is 1. The first kappa shape index (κ1) is 16.0. The van der Waals surface area contributed by atoms with Gasteiger partial charge in [-0.25, -0.2) is 4.98 Å². The number of hydrogen-bond acceptors (Lipinski definition) is 3. The molecular formula is C17H26N4O2. The van der Waals surface area contributed by atoms with E-state index in [9.17, 15) is 9.59 Å². The summed E-state index contributed by atoms with van der Waals surface area (Å²) in [6.07, 6.45) is 7.62. The highest BCUT2D eigenvalue weighted by atomic mass is 16.2. The van der Waals surface area contributed by atoms with Gasteiger partial charge >= 0.3 is 0 Å². The lowest BCUT2D eigenvalue weighted by atomic mass is 9.91. The monoisotopic (exact) mass is 318 g/mol. The fourth-order valence-corrected chi connectivity index (χ4v) is 3.35. The lowest BCUT2D eigenvalue weighted by molar-refractivity contribution is -0.127. The molecule has 126 valence electrons. The van der Waals surface area contributed by atoms with Gasteiger partial charge in [0.05, 0.1) is 17.9 Å². The van der Waals surface area contributed by atoms with E-state index in [-0.39, 0.29) is 17.7 Å². The number of hydrogen-bond donors (Lipinski definition) is 1. The molecule has 1 aromatic rings. The summed E-state index contributed by atoms with van der Waals surface area (Å²) in [5.41, 5.74) is 1.53. The summed E-state index contributed by atoms with van der Waals surface area (Å²) in [6, 6.07) is 0.381. The van der Waals surface area contributed by atoms with Gasteiger partial charge in [0.25, 0.3) is 5.91 Å². The Bertz CT molecular complexity index is 591. The highest BCUT2D eigenvalue weighted by molar-refractivity contribution is 5.93. The first-order valence-corrected chi connectivity index (χ1v) is 8.70. The molecule has 0 spiro atoms. The minimum atomic E-state index is -0.0158. The van der Waals surface area contributed by atoms with Crippen molar-refractivity contribution in [3.8, 4) is 0 Å². The summed E-state index contributed by atoms with van der Waals surface area (Å²) < 4.78 is 1.99. The smallest absolute Gasteiger partial charge is 0.274 e. The summed E-state index contributed by atoms with van der Waals surface area (Å²) >= 11 is 0. The molecule has 2 amide bonds. The molecule has 1 aromatic heterocycles. The average Bonchev–Trinajstić information content (AvgIpc) is 2.93. The predicted molar refractivity (Wildman–Crippen MR) is 87.1 cm³/mol. The highest BCUT2D eigenvalue weighted by Gasteiger charge is 2.31. The molecule has 3 rings (SSSR count). The molecule has 1 aliphatic heterocycles. The highest BCUT2D eigenvalue weighted by Crippen LogP contribution is 2.25. The average molecular weight is 318 g/mol. The van der Waals surface area contributed by atoms with Gasteiger partial charge in [0.1, 0.15) is 5.69 Å². The first-order chi connectivity index (χ1) is 11.1. The third kappa shape index (κ3) is 3.26. The zero-order valence-corrected chi connectivity index (χ0v) is 14.0. The molecule has 0 bridgehead atoms. The fourth-order valence-electron chi connectivity index (χ4n) is 3.35. The van der Waals surface area contributed by atoms with E-state index in [1.807, 2.05) is 11.6 Å². The van der Waals surface area contributed by atoms with Crippen LogP contribution < -0.4 is 5.32 Å². The lowest BCUT2D eigenvalue weighted by Gasteiger charge is -2.30. The number of imidazole rings is 1. The SMILES string of the molecule is CCCN(C)C(=O)c1ncn2c1CCC(C(=O)NC1CCC1)C2. The molecule has 1 atom stereocenters. The Kier molecular flexibility index (Phi) is 4.68. The number of nitrogens with zero attached hydrogens (tertiary/aromatic N) is 3. The summed E-state index contributed by atoms with van der Waals surface area (Å²) in [5, 5.41) is 3.13.